The van der Waals surface area contributed by atoms with Crippen LogP contribution in [0, 0.1) is 33.2 Å². The van der Waals surface area contributed by atoms with E-state index in [-0.39, 0.29) is 5.91 Å². The van der Waals surface area contributed by atoms with E-state index in [1.54, 1.807) is 0 Å². The largest absolute Gasteiger partial charge is 0.325 e. The molecule has 2 bridgehead atoms. The van der Waals surface area contributed by atoms with E-state index in [1.807, 2.05) is 18.2 Å². The molecule has 3 saturated carbocycles. The van der Waals surface area contributed by atoms with E-state index in [9.17, 15) is 4.79 Å². The van der Waals surface area contributed by atoms with Gasteiger partial charge in [-0.15, -0.1) is 0 Å². The number of hydrogen-bond acceptors (Lipinski definition) is 1. The number of halogens is 2. The second-order valence-electron chi connectivity index (χ2n) is 6.13. The van der Waals surface area contributed by atoms with Gasteiger partial charge in [-0.2, -0.15) is 0 Å². The highest BCUT2D eigenvalue weighted by atomic mass is 127. The second-order valence-corrected chi connectivity index (χ2v) is 8.23. The summed E-state index contributed by atoms with van der Waals surface area (Å²) in [5, 5.41) is 3.12. The summed E-state index contributed by atoms with van der Waals surface area (Å²) in [5.41, 5.74) is 0.911. The van der Waals surface area contributed by atoms with Crippen LogP contribution in [0.3, 0.4) is 0 Å². The molecule has 2 nitrogen and oxygen atoms in total. The Labute approximate surface area is 135 Å². The second kappa shape index (κ2) is 4.45. The predicted molar refractivity (Wildman–Crippen MR) is 86.8 cm³/mol. The molecule has 3 aliphatic rings. The first-order valence-electron chi connectivity index (χ1n) is 6.91. The van der Waals surface area contributed by atoms with E-state index < -0.39 is 0 Å². The van der Waals surface area contributed by atoms with E-state index >= 15 is 0 Å². The highest BCUT2D eigenvalue weighted by molar-refractivity contribution is 14.1. The molecule has 1 aromatic rings. The summed E-state index contributed by atoms with van der Waals surface area (Å²) >= 11 is 5.78. The molecule has 19 heavy (non-hydrogen) atoms. The number of benzene rings is 1. The molecule has 0 saturated heterocycles. The zero-order valence-electron chi connectivity index (χ0n) is 10.4. The summed E-state index contributed by atoms with van der Waals surface area (Å²) in [7, 11) is 0. The van der Waals surface area contributed by atoms with Crippen LogP contribution in [0.5, 0.6) is 0 Å². The predicted octanol–water partition coefficient (Wildman–Crippen LogP) is 4.28. The van der Waals surface area contributed by atoms with Crippen LogP contribution >= 0.6 is 38.5 Å². The van der Waals surface area contributed by atoms with Gasteiger partial charge in [-0.3, -0.25) is 4.79 Å². The van der Waals surface area contributed by atoms with Crippen molar-refractivity contribution in [2.45, 2.75) is 19.3 Å². The molecular weight excluding hydrogens is 417 g/mol. The summed E-state index contributed by atoms with van der Waals surface area (Å²) in [6.45, 7) is 0. The van der Waals surface area contributed by atoms with Crippen LogP contribution in [0.4, 0.5) is 5.69 Å². The number of amides is 1. The van der Waals surface area contributed by atoms with Crippen molar-refractivity contribution in [2.75, 3.05) is 5.32 Å². The molecule has 0 heterocycles. The SMILES string of the molecule is O=C(Nc1cc(I)ccc1Br)C1C2C3CCC(C3)C12. The number of hydrogen-bond donors (Lipinski definition) is 1. The molecule has 1 aromatic carbocycles. The zero-order valence-corrected chi connectivity index (χ0v) is 14.1. The molecule has 4 rings (SSSR count). The lowest BCUT2D eigenvalue weighted by Crippen LogP contribution is -2.18. The summed E-state index contributed by atoms with van der Waals surface area (Å²) in [4.78, 5) is 12.4. The highest BCUT2D eigenvalue weighted by Gasteiger charge is 2.67. The van der Waals surface area contributed by atoms with Crippen LogP contribution in [0.1, 0.15) is 19.3 Å². The zero-order chi connectivity index (χ0) is 13.1. The van der Waals surface area contributed by atoms with Crippen LogP contribution in [-0.2, 0) is 4.79 Å². The third kappa shape index (κ3) is 1.97. The van der Waals surface area contributed by atoms with Gasteiger partial charge >= 0.3 is 0 Å². The van der Waals surface area contributed by atoms with Gasteiger partial charge in [0.05, 0.1) is 5.69 Å². The smallest absolute Gasteiger partial charge is 0.228 e. The monoisotopic (exact) mass is 431 g/mol. The fraction of sp³-hybridized carbons (Fsp3) is 0.533. The molecule has 1 amide bonds. The fourth-order valence-electron chi connectivity index (χ4n) is 4.48. The van der Waals surface area contributed by atoms with Crippen molar-refractivity contribution in [3.8, 4) is 0 Å². The van der Waals surface area contributed by atoms with Gasteiger partial charge in [0.25, 0.3) is 0 Å². The van der Waals surface area contributed by atoms with Gasteiger partial charge in [-0.1, -0.05) is 0 Å². The van der Waals surface area contributed by atoms with Crippen molar-refractivity contribution < 1.29 is 4.79 Å². The molecule has 0 radical (unpaired) electrons. The van der Waals surface area contributed by atoms with Crippen LogP contribution in [0.15, 0.2) is 22.7 Å². The minimum Gasteiger partial charge on any atom is -0.325 e. The lowest BCUT2D eigenvalue weighted by Gasteiger charge is -2.11. The molecule has 0 aliphatic heterocycles. The van der Waals surface area contributed by atoms with Gasteiger partial charge in [0.15, 0.2) is 0 Å². The quantitative estimate of drug-likeness (QED) is 0.695. The Kier molecular flexibility index (Phi) is 2.96. The molecule has 100 valence electrons. The normalized spacial score (nSPS) is 38.1. The van der Waals surface area contributed by atoms with E-state index in [2.05, 4.69) is 43.8 Å². The fourth-order valence-corrected chi connectivity index (χ4v) is 5.32. The number of nitrogens with one attached hydrogen (secondary N) is 1. The molecule has 4 atom stereocenters. The Hall–Kier alpha value is -0.100. The lowest BCUT2D eigenvalue weighted by molar-refractivity contribution is -0.118. The Morgan fingerprint density at radius 3 is 2.63 bits per heavy atom. The molecule has 3 fully saturated rings. The maximum atomic E-state index is 12.4. The molecule has 3 aliphatic carbocycles. The first-order chi connectivity index (χ1) is 9.15. The van der Waals surface area contributed by atoms with Crippen molar-refractivity contribution in [1.29, 1.82) is 0 Å². The maximum absolute atomic E-state index is 12.4. The van der Waals surface area contributed by atoms with Gasteiger partial charge in [0, 0.05) is 14.0 Å². The number of rotatable bonds is 2. The van der Waals surface area contributed by atoms with Gasteiger partial charge in [-0.25, -0.2) is 0 Å². The Balaban J connectivity index is 1.50. The van der Waals surface area contributed by atoms with Gasteiger partial charge in [-0.05, 0) is 99.7 Å². The standard InChI is InChI=1S/C15H15BrINO/c16-10-4-3-9(17)6-11(10)18-15(19)14-12-7-1-2-8(5-7)13(12)14/h3-4,6-8,12-14H,1-2,5H2,(H,18,19). The Morgan fingerprint density at radius 2 is 1.95 bits per heavy atom. The van der Waals surface area contributed by atoms with Crippen molar-refractivity contribution in [2.24, 2.45) is 29.6 Å². The average molecular weight is 432 g/mol. The third-order valence-corrected chi connectivity index (χ3v) is 6.59. The van der Waals surface area contributed by atoms with Crippen molar-refractivity contribution in [1.82, 2.24) is 0 Å². The number of carbonyl (C=O) groups is 1. The summed E-state index contributed by atoms with van der Waals surface area (Å²) in [5.74, 6) is 3.67. The van der Waals surface area contributed by atoms with Crippen molar-refractivity contribution >= 4 is 50.1 Å². The Morgan fingerprint density at radius 1 is 1.26 bits per heavy atom. The lowest BCUT2D eigenvalue weighted by atomic mass is 10.0. The summed E-state index contributed by atoms with van der Waals surface area (Å²) in [6, 6.07) is 6.05. The minimum atomic E-state index is 0.245. The first-order valence-corrected chi connectivity index (χ1v) is 8.78. The number of carbonyl (C=O) groups excluding carboxylic acids is 1. The van der Waals surface area contributed by atoms with Crippen LogP contribution in [0.2, 0.25) is 0 Å². The van der Waals surface area contributed by atoms with Gasteiger partial charge in [0.2, 0.25) is 5.91 Å². The van der Waals surface area contributed by atoms with E-state index in [1.165, 1.54) is 19.3 Å². The van der Waals surface area contributed by atoms with Gasteiger partial charge in [0.1, 0.15) is 0 Å². The maximum Gasteiger partial charge on any atom is 0.228 e. The van der Waals surface area contributed by atoms with Crippen LogP contribution < -0.4 is 5.32 Å². The number of fused-ring (bicyclic) bond motifs is 5. The molecular formula is C15H15BrINO. The van der Waals surface area contributed by atoms with E-state index in [4.69, 9.17) is 0 Å². The minimum absolute atomic E-state index is 0.245. The van der Waals surface area contributed by atoms with Crippen LogP contribution in [-0.4, -0.2) is 5.91 Å². The Bertz CT molecular complexity index is 545. The summed E-state index contributed by atoms with van der Waals surface area (Å²) in [6.07, 6.45) is 4.12. The highest BCUT2D eigenvalue weighted by Crippen LogP contribution is 2.69. The number of anilines is 1. The van der Waals surface area contributed by atoms with Crippen molar-refractivity contribution in [3.63, 3.8) is 0 Å². The van der Waals surface area contributed by atoms with Gasteiger partial charge < -0.3 is 5.32 Å². The topological polar surface area (TPSA) is 29.1 Å². The molecule has 1 N–H and O–H groups in total. The first kappa shape index (κ1) is 12.6. The van der Waals surface area contributed by atoms with E-state index in [0.29, 0.717) is 17.8 Å². The van der Waals surface area contributed by atoms with Crippen LogP contribution in [0.25, 0.3) is 0 Å². The molecule has 4 heteroatoms. The molecule has 0 spiro atoms. The molecule has 0 aromatic heterocycles. The average Bonchev–Trinajstić information content (AvgIpc) is 2.83. The van der Waals surface area contributed by atoms with Crippen molar-refractivity contribution in [3.05, 3.63) is 26.2 Å². The third-order valence-electron chi connectivity index (χ3n) is 5.22. The summed E-state index contributed by atoms with van der Waals surface area (Å²) < 4.78 is 2.11. The molecule has 4 unspecified atom stereocenters. The van der Waals surface area contributed by atoms with E-state index in [0.717, 1.165) is 25.6 Å².